The quantitative estimate of drug-likeness (QED) is 0.649. The second kappa shape index (κ2) is 4.74. The Morgan fingerprint density at radius 3 is 2.47 bits per heavy atom. The number of amides is 1. The first-order valence-corrected chi connectivity index (χ1v) is 6.59. The average molecular weight is 263 g/mol. The monoisotopic (exact) mass is 263 g/mol. The Morgan fingerprint density at radius 2 is 2.06 bits per heavy atom. The van der Waals surface area contributed by atoms with E-state index in [4.69, 9.17) is 5.11 Å². The van der Waals surface area contributed by atoms with Gasteiger partial charge in [0, 0.05) is 0 Å². The molecule has 8 heteroatoms. The van der Waals surface area contributed by atoms with Crippen molar-refractivity contribution in [3.05, 3.63) is 12.7 Å². The highest BCUT2D eigenvalue weighted by atomic mass is 32.2. The van der Waals surface area contributed by atoms with Gasteiger partial charge in [0.15, 0.2) is 9.84 Å². The van der Waals surface area contributed by atoms with E-state index in [-0.39, 0.29) is 18.1 Å². The molecule has 0 unspecified atom stereocenters. The van der Waals surface area contributed by atoms with Crippen LogP contribution in [0.5, 0.6) is 0 Å². The molecule has 0 radical (unpaired) electrons. The molecule has 1 amide bonds. The Kier molecular flexibility index (Phi) is 3.76. The lowest BCUT2D eigenvalue weighted by Crippen LogP contribution is -2.66. The Balaban J connectivity index is 2.63. The fourth-order valence-corrected chi connectivity index (χ4v) is 3.64. The second-order valence-corrected chi connectivity index (χ2v) is 5.96. The van der Waals surface area contributed by atoms with E-state index < -0.39 is 33.9 Å². The highest BCUT2D eigenvalue weighted by Crippen LogP contribution is 2.27. The number of hydrogen-bond acceptors (Lipinski definition) is 5. The van der Waals surface area contributed by atoms with Gasteiger partial charge < -0.3 is 15.2 Å². The molecule has 0 atom stereocenters. The molecule has 0 aromatic heterocycles. The van der Waals surface area contributed by atoms with E-state index in [1.54, 1.807) is 0 Å². The summed E-state index contributed by atoms with van der Waals surface area (Å²) in [5, 5.41) is 11.0. The molecule has 0 aromatic carbocycles. The maximum absolute atomic E-state index is 11.2. The van der Waals surface area contributed by atoms with Crippen LogP contribution >= 0.6 is 0 Å². The molecule has 7 nitrogen and oxygen atoms in total. The van der Waals surface area contributed by atoms with Crippen molar-refractivity contribution in [3.8, 4) is 0 Å². The summed E-state index contributed by atoms with van der Waals surface area (Å²) in [7, 11) is -3.25. The number of carbonyl (C=O) groups excluding carboxylic acids is 1. The lowest BCUT2D eigenvalue weighted by molar-refractivity contribution is -0.138. The zero-order valence-corrected chi connectivity index (χ0v) is 9.83. The predicted molar refractivity (Wildman–Crippen MR) is 58.3 cm³/mol. The molecule has 2 N–H and O–H groups in total. The van der Waals surface area contributed by atoms with Crippen LogP contribution in [0.15, 0.2) is 12.7 Å². The number of aliphatic carboxylic acids is 1. The van der Waals surface area contributed by atoms with Crippen molar-refractivity contribution in [1.82, 2.24) is 5.32 Å². The Hall–Kier alpha value is -1.57. The van der Waals surface area contributed by atoms with Crippen molar-refractivity contribution in [2.75, 3.05) is 18.1 Å². The van der Waals surface area contributed by atoms with Crippen molar-refractivity contribution in [1.29, 1.82) is 0 Å². The largest absolute Gasteiger partial charge is 0.481 e. The minimum Gasteiger partial charge on any atom is -0.481 e. The van der Waals surface area contributed by atoms with Gasteiger partial charge in [0.1, 0.15) is 6.61 Å². The van der Waals surface area contributed by atoms with Gasteiger partial charge in [0.05, 0.1) is 23.5 Å². The van der Waals surface area contributed by atoms with E-state index in [0.29, 0.717) is 0 Å². The van der Waals surface area contributed by atoms with Gasteiger partial charge in [-0.05, 0) is 0 Å². The normalized spacial score (nSPS) is 19.8. The SMILES string of the molecule is C=CCOC(=O)NC1(CC(=O)O)CS(=O)(=O)C1. The van der Waals surface area contributed by atoms with E-state index in [1.807, 2.05) is 0 Å². The third-order valence-corrected chi connectivity index (χ3v) is 4.17. The van der Waals surface area contributed by atoms with Crippen molar-refractivity contribution in [2.24, 2.45) is 0 Å². The number of carbonyl (C=O) groups is 2. The van der Waals surface area contributed by atoms with Gasteiger partial charge in [-0.15, -0.1) is 0 Å². The topological polar surface area (TPSA) is 110 Å². The molecule has 1 heterocycles. The summed E-state index contributed by atoms with van der Waals surface area (Å²) in [4.78, 5) is 21.8. The molecular formula is C9H13NO6S. The first-order valence-electron chi connectivity index (χ1n) is 4.77. The molecule has 0 aromatic rings. The van der Waals surface area contributed by atoms with E-state index >= 15 is 0 Å². The van der Waals surface area contributed by atoms with E-state index in [2.05, 4.69) is 16.6 Å². The molecule has 1 saturated heterocycles. The second-order valence-electron chi connectivity index (χ2n) is 3.90. The number of alkyl carbamates (subject to hydrolysis) is 1. The molecule has 0 bridgehead atoms. The minimum atomic E-state index is -3.25. The average Bonchev–Trinajstić information content (AvgIpc) is 2.09. The molecule has 0 spiro atoms. The number of rotatable bonds is 5. The number of sulfone groups is 1. The number of carboxylic acid groups (broad SMARTS) is 1. The Bertz CT molecular complexity index is 428. The van der Waals surface area contributed by atoms with Crippen LogP contribution in [0.2, 0.25) is 0 Å². The maximum Gasteiger partial charge on any atom is 0.407 e. The fourth-order valence-electron chi connectivity index (χ4n) is 1.69. The number of hydrogen-bond donors (Lipinski definition) is 2. The van der Waals surface area contributed by atoms with E-state index in [0.717, 1.165) is 0 Å². The van der Waals surface area contributed by atoms with Crippen LogP contribution in [0.25, 0.3) is 0 Å². The molecule has 0 saturated carbocycles. The highest BCUT2D eigenvalue weighted by Gasteiger charge is 2.51. The molecule has 1 aliphatic rings. The smallest absolute Gasteiger partial charge is 0.407 e. The summed E-state index contributed by atoms with van der Waals surface area (Å²) in [5.74, 6) is -1.94. The number of nitrogens with one attached hydrogen (secondary N) is 1. The summed E-state index contributed by atoms with van der Waals surface area (Å²) in [5.41, 5.74) is -1.25. The van der Waals surface area contributed by atoms with Crippen LogP contribution < -0.4 is 5.32 Å². The minimum absolute atomic E-state index is 0.0261. The maximum atomic E-state index is 11.2. The number of carboxylic acids is 1. The standard InChI is InChI=1S/C9H13NO6S/c1-2-3-16-8(13)10-9(4-7(11)12)5-17(14,15)6-9/h2H,1,3-6H2,(H,10,13)(H,11,12). The van der Waals surface area contributed by atoms with Crippen LogP contribution in [0.3, 0.4) is 0 Å². The van der Waals surface area contributed by atoms with Gasteiger partial charge in [-0.1, -0.05) is 12.7 Å². The van der Waals surface area contributed by atoms with Gasteiger partial charge >= 0.3 is 12.1 Å². The zero-order chi connectivity index (χ0) is 13.1. The summed E-state index contributed by atoms with van der Waals surface area (Å²) in [6, 6.07) is 0. The summed E-state index contributed by atoms with van der Waals surface area (Å²) in [6.07, 6.45) is 0.0529. The third-order valence-electron chi connectivity index (χ3n) is 2.18. The van der Waals surface area contributed by atoms with E-state index in [1.165, 1.54) is 6.08 Å². The van der Waals surface area contributed by atoms with Crippen molar-refractivity contribution >= 4 is 21.9 Å². The van der Waals surface area contributed by atoms with Crippen LogP contribution in [0, 0.1) is 0 Å². The van der Waals surface area contributed by atoms with Crippen LogP contribution in [-0.4, -0.2) is 49.2 Å². The molecule has 0 aliphatic carbocycles. The Labute approximate surface area is 98.4 Å². The van der Waals surface area contributed by atoms with Crippen molar-refractivity contribution < 1.29 is 27.9 Å². The van der Waals surface area contributed by atoms with Gasteiger partial charge in [0.25, 0.3) is 0 Å². The first kappa shape index (κ1) is 13.5. The first-order chi connectivity index (χ1) is 7.79. The summed E-state index contributed by atoms with van der Waals surface area (Å²) >= 11 is 0. The molecular weight excluding hydrogens is 250 g/mol. The number of ether oxygens (including phenoxy) is 1. The van der Waals surface area contributed by atoms with Gasteiger partial charge in [-0.25, -0.2) is 13.2 Å². The predicted octanol–water partition coefficient (Wildman–Crippen LogP) is -0.459. The summed E-state index contributed by atoms with van der Waals surface area (Å²) < 4.78 is 26.8. The lowest BCUT2D eigenvalue weighted by atomic mass is 9.99. The molecule has 17 heavy (non-hydrogen) atoms. The molecule has 96 valence electrons. The van der Waals surface area contributed by atoms with Crippen LogP contribution in [0.4, 0.5) is 4.79 Å². The van der Waals surface area contributed by atoms with Crippen molar-refractivity contribution in [3.63, 3.8) is 0 Å². The third kappa shape index (κ3) is 3.74. The highest BCUT2D eigenvalue weighted by molar-refractivity contribution is 7.93. The van der Waals surface area contributed by atoms with Crippen molar-refractivity contribution in [2.45, 2.75) is 12.0 Å². The van der Waals surface area contributed by atoms with Gasteiger partial charge in [-0.3, -0.25) is 4.79 Å². The van der Waals surface area contributed by atoms with Gasteiger partial charge in [0.2, 0.25) is 0 Å². The van der Waals surface area contributed by atoms with Crippen LogP contribution in [-0.2, 0) is 19.4 Å². The lowest BCUT2D eigenvalue weighted by Gasteiger charge is -2.39. The summed E-state index contributed by atoms with van der Waals surface area (Å²) in [6.45, 7) is 3.31. The zero-order valence-electron chi connectivity index (χ0n) is 9.01. The Morgan fingerprint density at radius 1 is 1.47 bits per heavy atom. The van der Waals surface area contributed by atoms with E-state index in [9.17, 15) is 18.0 Å². The molecule has 1 rings (SSSR count). The molecule has 1 aliphatic heterocycles. The van der Waals surface area contributed by atoms with Crippen LogP contribution in [0.1, 0.15) is 6.42 Å². The fraction of sp³-hybridized carbons (Fsp3) is 0.556. The van der Waals surface area contributed by atoms with Gasteiger partial charge in [-0.2, -0.15) is 0 Å². The molecule has 1 fully saturated rings.